The van der Waals surface area contributed by atoms with Crippen LogP contribution in [-0.4, -0.2) is 36.6 Å². The Labute approximate surface area is 120 Å². The van der Waals surface area contributed by atoms with Crippen LogP contribution in [0.15, 0.2) is 24.4 Å². The van der Waals surface area contributed by atoms with Crippen LogP contribution in [0.3, 0.4) is 0 Å². The first-order valence-corrected chi connectivity index (χ1v) is 7.41. The lowest BCUT2D eigenvalue weighted by atomic mass is 10.0. The first kappa shape index (κ1) is 14.8. The number of hydrogen-bond donors (Lipinski definition) is 2. The molecular weight excluding hydrogens is 252 g/mol. The summed E-state index contributed by atoms with van der Waals surface area (Å²) in [5, 5.41) is 3.13. The first-order chi connectivity index (χ1) is 9.74. The number of carbonyl (C=O) groups excluding carboxylic acids is 1. The number of rotatable bonds is 5. The van der Waals surface area contributed by atoms with Gasteiger partial charge in [-0.15, -0.1) is 0 Å². The monoisotopic (exact) mass is 276 g/mol. The summed E-state index contributed by atoms with van der Waals surface area (Å²) in [5.41, 5.74) is 5.61. The Balaban J connectivity index is 1.81. The standard InChI is InChI=1S/C15H24N4O/c1-2-12(11-16)15(20)18-13-6-9-19(10-7-13)14-5-3-4-8-17-14/h3-5,8,12-13H,2,6-7,9-11,16H2,1H3,(H,18,20). The Morgan fingerprint density at radius 1 is 1.50 bits per heavy atom. The maximum absolute atomic E-state index is 12.0. The average Bonchev–Trinajstić information content (AvgIpc) is 2.50. The van der Waals surface area contributed by atoms with E-state index in [0.29, 0.717) is 6.54 Å². The van der Waals surface area contributed by atoms with Crippen LogP contribution >= 0.6 is 0 Å². The predicted octanol–water partition coefficient (Wildman–Crippen LogP) is 1.15. The summed E-state index contributed by atoms with van der Waals surface area (Å²) in [7, 11) is 0. The van der Waals surface area contributed by atoms with E-state index in [1.54, 1.807) is 0 Å². The maximum atomic E-state index is 12.0. The maximum Gasteiger partial charge on any atom is 0.224 e. The van der Waals surface area contributed by atoms with Crippen molar-refractivity contribution >= 4 is 11.7 Å². The van der Waals surface area contributed by atoms with Crippen LogP contribution in [0.1, 0.15) is 26.2 Å². The summed E-state index contributed by atoms with van der Waals surface area (Å²) in [5.74, 6) is 1.07. The van der Waals surface area contributed by atoms with Crippen molar-refractivity contribution in [1.82, 2.24) is 10.3 Å². The largest absolute Gasteiger partial charge is 0.356 e. The van der Waals surface area contributed by atoms with Gasteiger partial charge in [0.2, 0.25) is 5.91 Å². The van der Waals surface area contributed by atoms with Gasteiger partial charge >= 0.3 is 0 Å². The van der Waals surface area contributed by atoms with Crippen molar-refractivity contribution in [1.29, 1.82) is 0 Å². The molecule has 0 aromatic carbocycles. The van der Waals surface area contributed by atoms with Gasteiger partial charge in [0.25, 0.3) is 0 Å². The minimum absolute atomic E-state index is 0.0520. The molecule has 0 aliphatic carbocycles. The summed E-state index contributed by atoms with van der Waals surface area (Å²) in [6.45, 7) is 4.29. The molecular formula is C15H24N4O. The lowest BCUT2D eigenvalue weighted by molar-refractivity contribution is -0.125. The third-order valence-corrected chi connectivity index (χ3v) is 3.96. The molecule has 1 atom stereocenters. The van der Waals surface area contributed by atoms with E-state index in [9.17, 15) is 4.79 Å². The molecule has 1 aromatic heterocycles. The molecule has 20 heavy (non-hydrogen) atoms. The minimum atomic E-state index is -0.0520. The predicted molar refractivity (Wildman–Crippen MR) is 80.5 cm³/mol. The molecule has 0 bridgehead atoms. The van der Waals surface area contributed by atoms with Crippen LogP contribution in [0.2, 0.25) is 0 Å². The fraction of sp³-hybridized carbons (Fsp3) is 0.600. The van der Waals surface area contributed by atoms with Crippen LogP contribution < -0.4 is 16.0 Å². The number of piperidine rings is 1. The van der Waals surface area contributed by atoms with Crippen molar-refractivity contribution < 1.29 is 4.79 Å². The van der Waals surface area contributed by atoms with E-state index in [0.717, 1.165) is 38.2 Å². The van der Waals surface area contributed by atoms with Crippen molar-refractivity contribution in [2.45, 2.75) is 32.2 Å². The summed E-state index contributed by atoms with van der Waals surface area (Å²) in [6.07, 6.45) is 4.54. The average molecular weight is 276 g/mol. The molecule has 2 heterocycles. The van der Waals surface area contributed by atoms with Crippen molar-refractivity contribution in [3.63, 3.8) is 0 Å². The second kappa shape index (κ2) is 7.24. The Hall–Kier alpha value is -1.62. The number of pyridine rings is 1. The zero-order chi connectivity index (χ0) is 14.4. The highest BCUT2D eigenvalue weighted by Gasteiger charge is 2.23. The molecule has 1 fully saturated rings. The molecule has 5 nitrogen and oxygen atoms in total. The van der Waals surface area contributed by atoms with Crippen molar-refractivity contribution in [2.75, 3.05) is 24.5 Å². The molecule has 5 heteroatoms. The molecule has 1 saturated heterocycles. The van der Waals surface area contributed by atoms with Gasteiger partial charge in [-0.1, -0.05) is 13.0 Å². The lowest BCUT2D eigenvalue weighted by Crippen LogP contribution is -2.47. The number of nitrogens with one attached hydrogen (secondary N) is 1. The number of nitrogens with zero attached hydrogens (tertiary/aromatic N) is 2. The summed E-state index contributed by atoms with van der Waals surface area (Å²) in [4.78, 5) is 18.6. The van der Waals surface area contributed by atoms with Gasteiger partial charge in [-0.25, -0.2) is 4.98 Å². The van der Waals surface area contributed by atoms with Gasteiger partial charge < -0.3 is 16.0 Å². The lowest BCUT2D eigenvalue weighted by Gasteiger charge is -2.33. The van der Waals surface area contributed by atoms with Crippen molar-refractivity contribution in [3.8, 4) is 0 Å². The van der Waals surface area contributed by atoms with E-state index in [4.69, 9.17) is 5.73 Å². The number of anilines is 1. The van der Waals surface area contributed by atoms with E-state index in [-0.39, 0.29) is 17.9 Å². The van der Waals surface area contributed by atoms with E-state index >= 15 is 0 Å². The zero-order valence-corrected chi connectivity index (χ0v) is 12.1. The van der Waals surface area contributed by atoms with Gasteiger partial charge in [-0.05, 0) is 31.4 Å². The van der Waals surface area contributed by atoms with Crippen LogP contribution in [0.25, 0.3) is 0 Å². The second-order valence-corrected chi connectivity index (χ2v) is 5.30. The van der Waals surface area contributed by atoms with Crippen molar-refractivity contribution in [3.05, 3.63) is 24.4 Å². The molecule has 1 aliphatic heterocycles. The minimum Gasteiger partial charge on any atom is -0.356 e. The fourth-order valence-corrected chi connectivity index (χ4v) is 2.57. The highest BCUT2D eigenvalue weighted by molar-refractivity contribution is 5.79. The van der Waals surface area contributed by atoms with Gasteiger partial charge in [-0.2, -0.15) is 0 Å². The van der Waals surface area contributed by atoms with Crippen LogP contribution in [0.4, 0.5) is 5.82 Å². The number of carbonyl (C=O) groups is 1. The first-order valence-electron chi connectivity index (χ1n) is 7.41. The molecule has 0 spiro atoms. The van der Waals surface area contributed by atoms with Crippen LogP contribution in [0, 0.1) is 5.92 Å². The fourth-order valence-electron chi connectivity index (χ4n) is 2.57. The Kier molecular flexibility index (Phi) is 5.35. The smallest absolute Gasteiger partial charge is 0.224 e. The van der Waals surface area contributed by atoms with Crippen LogP contribution in [0.5, 0.6) is 0 Å². The van der Waals surface area contributed by atoms with E-state index in [2.05, 4.69) is 15.2 Å². The highest BCUT2D eigenvalue weighted by Crippen LogP contribution is 2.17. The number of nitrogens with two attached hydrogens (primary N) is 1. The number of amides is 1. The van der Waals surface area contributed by atoms with Gasteiger partial charge in [-0.3, -0.25) is 4.79 Å². The third-order valence-electron chi connectivity index (χ3n) is 3.96. The van der Waals surface area contributed by atoms with Gasteiger partial charge in [0, 0.05) is 37.8 Å². The SMILES string of the molecule is CCC(CN)C(=O)NC1CCN(c2ccccn2)CC1. The third kappa shape index (κ3) is 3.70. The molecule has 0 radical (unpaired) electrons. The zero-order valence-electron chi connectivity index (χ0n) is 12.1. The Morgan fingerprint density at radius 2 is 2.25 bits per heavy atom. The number of aromatic nitrogens is 1. The van der Waals surface area contributed by atoms with E-state index in [1.807, 2.05) is 31.3 Å². The second-order valence-electron chi connectivity index (χ2n) is 5.30. The van der Waals surface area contributed by atoms with E-state index in [1.165, 1.54) is 0 Å². The molecule has 1 aromatic rings. The summed E-state index contributed by atoms with van der Waals surface area (Å²) < 4.78 is 0. The molecule has 0 saturated carbocycles. The van der Waals surface area contributed by atoms with Gasteiger partial charge in [0.05, 0.1) is 0 Å². The van der Waals surface area contributed by atoms with Crippen molar-refractivity contribution in [2.24, 2.45) is 11.7 Å². The molecule has 1 amide bonds. The molecule has 1 unspecified atom stereocenters. The molecule has 110 valence electrons. The van der Waals surface area contributed by atoms with Gasteiger partial charge in [0.1, 0.15) is 5.82 Å². The topological polar surface area (TPSA) is 71.2 Å². The Morgan fingerprint density at radius 3 is 2.80 bits per heavy atom. The molecule has 3 N–H and O–H groups in total. The van der Waals surface area contributed by atoms with E-state index < -0.39 is 0 Å². The Bertz CT molecular complexity index is 411. The molecule has 2 rings (SSSR count). The molecule has 1 aliphatic rings. The van der Waals surface area contributed by atoms with Gasteiger partial charge in [0.15, 0.2) is 0 Å². The van der Waals surface area contributed by atoms with Crippen LogP contribution in [-0.2, 0) is 4.79 Å². The summed E-state index contributed by atoms with van der Waals surface area (Å²) >= 11 is 0. The normalized spacial score (nSPS) is 17.8. The highest BCUT2D eigenvalue weighted by atomic mass is 16.1. The summed E-state index contributed by atoms with van der Waals surface area (Å²) in [6, 6.07) is 6.22. The quantitative estimate of drug-likeness (QED) is 0.846. The number of hydrogen-bond acceptors (Lipinski definition) is 4.